The molecule has 3 aliphatic rings. The van der Waals surface area contributed by atoms with Crippen LogP contribution in [0.3, 0.4) is 0 Å². The van der Waals surface area contributed by atoms with Crippen LogP contribution in [-0.4, -0.2) is 66.3 Å². The summed E-state index contributed by atoms with van der Waals surface area (Å²) in [5.41, 5.74) is 0. The number of imide groups is 1. The third-order valence-corrected chi connectivity index (χ3v) is 3.52. The number of amides is 3. The standard InChI is InChI=1S/C12H15N3O4/c13-3-1-2-10-11(16)15(5-9-7-19-9)12(17)14(10)4-8-6-18-8/h8-10H,1-2,4-7H2. The third kappa shape index (κ3) is 2.55. The van der Waals surface area contributed by atoms with Crippen LogP contribution >= 0.6 is 0 Å². The van der Waals surface area contributed by atoms with Gasteiger partial charge in [0.2, 0.25) is 0 Å². The van der Waals surface area contributed by atoms with Crippen LogP contribution in [-0.2, 0) is 14.3 Å². The minimum atomic E-state index is -0.518. The van der Waals surface area contributed by atoms with Crippen molar-refractivity contribution in [3.63, 3.8) is 0 Å². The summed E-state index contributed by atoms with van der Waals surface area (Å²) in [6.07, 6.45) is 0.676. The maximum Gasteiger partial charge on any atom is 0.327 e. The highest BCUT2D eigenvalue weighted by molar-refractivity contribution is 6.04. The van der Waals surface area contributed by atoms with E-state index in [0.29, 0.717) is 32.7 Å². The van der Waals surface area contributed by atoms with Crippen molar-refractivity contribution < 1.29 is 19.1 Å². The van der Waals surface area contributed by atoms with E-state index in [2.05, 4.69) is 0 Å². The van der Waals surface area contributed by atoms with Crippen LogP contribution in [0.2, 0.25) is 0 Å². The molecule has 3 heterocycles. The van der Waals surface area contributed by atoms with Crippen molar-refractivity contribution in [1.82, 2.24) is 9.80 Å². The van der Waals surface area contributed by atoms with E-state index in [9.17, 15) is 9.59 Å². The molecule has 19 heavy (non-hydrogen) atoms. The summed E-state index contributed by atoms with van der Waals surface area (Å²) in [4.78, 5) is 27.3. The quantitative estimate of drug-likeness (QED) is 0.486. The monoisotopic (exact) mass is 265 g/mol. The zero-order chi connectivity index (χ0) is 13.4. The lowest BCUT2D eigenvalue weighted by Gasteiger charge is -2.19. The first kappa shape index (κ1) is 12.4. The Balaban J connectivity index is 1.71. The molecule has 3 unspecified atom stereocenters. The van der Waals surface area contributed by atoms with Gasteiger partial charge in [-0.2, -0.15) is 5.26 Å². The molecule has 0 aromatic rings. The number of urea groups is 1. The molecule has 7 nitrogen and oxygen atoms in total. The van der Waals surface area contributed by atoms with Gasteiger partial charge >= 0.3 is 6.03 Å². The Bertz CT molecular complexity index is 439. The highest BCUT2D eigenvalue weighted by Gasteiger charge is 2.48. The molecule has 0 saturated carbocycles. The largest absolute Gasteiger partial charge is 0.371 e. The van der Waals surface area contributed by atoms with E-state index < -0.39 is 6.04 Å². The number of carbonyl (C=O) groups excluding carboxylic acids is 2. The molecule has 3 saturated heterocycles. The van der Waals surface area contributed by atoms with Crippen LogP contribution in [0.1, 0.15) is 12.8 Å². The summed E-state index contributed by atoms with van der Waals surface area (Å²) in [5, 5.41) is 8.66. The van der Waals surface area contributed by atoms with Crippen molar-refractivity contribution in [2.24, 2.45) is 0 Å². The molecule has 7 heteroatoms. The number of ether oxygens (including phenoxy) is 2. The van der Waals surface area contributed by atoms with Gasteiger partial charge in [-0.25, -0.2) is 4.79 Å². The zero-order valence-electron chi connectivity index (χ0n) is 10.4. The fourth-order valence-corrected chi connectivity index (χ4v) is 2.32. The van der Waals surface area contributed by atoms with Crippen molar-refractivity contribution in [2.45, 2.75) is 31.1 Å². The number of hydrogen-bond donors (Lipinski definition) is 0. The summed E-state index contributed by atoms with van der Waals surface area (Å²) in [6.45, 7) is 1.99. The van der Waals surface area contributed by atoms with Gasteiger partial charge < -0.3 is 14.4 Å². The zero-order valence-corrected chi connectivity index (χ0v) is 10.4. The molecule has 102 valence electrons. The second-order valence-electron chi connectivity index (χ2n) is 5.01. The van der Waals surface area contributed by atoms with Gasteiger partial charge in [-0.15, -0.1) is 0 Å². The lowest BCUT2D eigenvalue weighted by molar-refractivity contribution is -0.128. The van der Waals surface area contributed by atoms with Crippen molar-refractivity contribution in [2.75, 3.05) is 26.3 Å². The SMILES string of the molecule is N#CCCC1C(=O)N(CC2CO2)C(=O)N1CC1CO1. The molecule has 3 amide bonds. The van der Waals surface area contributed by atoms with Crippen LogP contribution in [0.25, 0.3) is 0 Å². The molecule has 0 aromatic heterocycles. The van der Waals surface area contributed by atoms with Gasteiger partial charge in [-0.3, -0.25) is 9.69 Å². The lowest BCUT2D eigenvalue weighted by atomic mass is 10.1. The number of carbonyl (C=O) groups is 2. The van der Waals surface area contributed by atoms with E-state index in [4.69, 9.17) is 14.7 Å². The lowest BCUT2D eigenvalue weighted by Crippen LogP contribution is -2.38. The van der Waals surface area contributed by atoms with E-state index >= 15 is 0 Å². The molecule has 0 N–H and O–H groups in total. The first-order chi connectivity index (χ1) is 9.20. The van der Waals surface area contributed by atoms with Crippen LogP contribution < -0.4 is 0 Å². The van der Waals surface area contributed by atoms with Crippen molar-refractivity contribution in [3.05, 3.63) is 0 Å². The van der Waals surface area contributed by atoms with Crippen LogP contribution in [0.15, 0.2) is 0 Å². The van der Waals surface area contributed by atoms with Gasteiger partial charge in [-0.1, -0.05) is 0 Å². The van der Waals surface area contributed by atoms with Gasteiger partial charge in [0.15, 0.2) is 0 Å². The van der Waals surface area contributed by atoms with Gasteiger partial charge in [0.25, 0.3) is 5.91 Å². The van der Waals surface area contributed by atoms with E-state index in [-0.39, 0.29) is 30.6 Å². The maximum atomic E-state index is 12.3. The first-order valence-electron chi connectivity index (χ1n) is 6.43. The van der Waals surface area contributed by atoms with Crippen molar-refractivity contribution in [1.29, 1.82) is 5.26 Å². The molecule has 0 aliphatic carbocycles. The number of hydrogen-bond acceptors (Lipinski definition) is 5. The van der Waals surface area contributed by atoms with Crippen LogP contribution in [0, 0.1) is 11.3 Å². The fraction of sp³-hybridized carbons (Fsp3) is 0.750. The Kier molecular flexibility index (Phi) is 3.12. The van der Waals surface area contributed by atoms with E-state index in [1.807, 2.05) is 6.07 Å². The maximum absolute atomic E-state index is 12.3. The Morgan fingerprint density at radius 1 is 1.21 bits per heavy atom. The number of rotatable bonds is 6. The number of nitrogens with zero attached hydrogens (tertiary/aromatic N) is 3. The number of nitriles is 1. The predicted molar refractivity (Wildman–Crippen MR) is 61.9 cm³/mol. The normalized spacial score (nSPS) is 32.7. The molecule has 3 aliphatic heterocycles. The second-order valence-corrected chi connectivity index (χ2v) is 5.01. The van der Waals surface area contributed by atoms with Crippen LogP contribution in [0.4, 0.5) is 4.79 Å². The summed E-state index contributed by atoms with van der Waals surface area (Å²) >= 11 is 0. The topological polar surface area (TPSA) is 89.5 Å². The average molecular weight is 265 g/mol. The second kappa shape index (κ2) is 4.79. The van der Waals surface area contributed by atoms with E-state index in [0.717, 1.165) is 0 Å². The van der Waals surface area contributed by atoms with E-state index in [1.165, 1.54) is 4.90 Å². The van der Waals surface area contributed by atoms with Gasteiger partial charge in [0.05, 0.1) is 44.6 Å². The average Bonchev–Trinajstić information content (AvgIpc) is 3.27. The molecule has 0 bridgehead atoms. The van der Waals surface area contributed by atoms with Gasteiger partial charge in [0.1, 0.15) is 6.04 Å². The fourth-order valence-electron chi connectivity index (χ4n) is 2.32. The third-order valence-electron chi connectivity index (χ3n) is 3.52. The molecule has 0 aromatic carbocycles. The summed E-state index contributed by atoms with van der Waals surface area (Å²) in [6, 6.07) is 1.23. The Labute approximate surface area is 110 Å². The predicted octanol–water partition coefficient (Wildman–Crippen LogP) is -0.279. The number of epoxide rings is 2. The Morgan fingerprint density at radius 3 is 2.42 bits per heavy atom. The van der Waals surface area contributed by atoms with Gasteiger partial charge in [-0.05, 0) is 6.42 Å². The Hall–Kier alpha value is -1.65. The highest BCUT2D eigenvalue weighted by atomic mass is 16.6. The molecule has 3 fully saturated rings. The van der Waals surface area contributed by atoms with E-state index in [1.54, 1.807) is 4.90 Å². The summed E-state index contributed by atoms with van der Waals surface area (Å²) < 4.78 is 10.2. The minimum Gasteiger partial charge on any atom is -0.371 e. The van der Waals surface area contributed by atoms with Crippen molar-refractivity contribution in [3.8, 4) is 6.07 Å². The molecular weight excluding hydrogens is 250 g/mol. The van der Waals surface area contributed by atoms with Gasteiger partial charge in [0, 0.05) is 6.42 Å². The van der Waals surface area contributed by atoms with Crippen molar-refractivity contribution >= 4 is 11.9 Å². The molecule has 0 spiro atoms. The van der Waals surface area contributed by atoms with Crippen LogP contribution in [0.5, 0.6) is 0 Å². The first-order valence-corrected chi connectivity index (χ1v) is 6.43. The molecule has 3 rings (SSSR count). The summed E-state index contributed by atoms with van der Waals surface area (Å²) in [7, 11) is 0. The molecular formula is C12H15N3O4. The summed E-state index contributed by atoms with van der Waals surface area (Å²) in [5.74, 6) is -0.212. The molecule has 0 radical (unpaired) electrons. The smallest absolute Gasteiger partial charge is 0.327 e. The Morgan fingerprint density at radius 2 is 1.84 bits per heavy atom. The highest BCUT2D eigenvalue weighted by Crippen LogP contribution is 2.26. The minimum absolute atomic E-state index is 0.0124. The molecule has 3 atom stereocenters.